The Morgan fingerprint density at radius 1 is 0.742 bits per heavy atom. The summed E-state index contributed by atoms with van der Waals surface area (Å²) in [5.41, 5.74) is 0.489. The molecule has 1 aliphatic rings. The van der Waals surface area contributed by atoms with Gasteiger partial charge in [0, 0.05) is 23.1 Å². The number of nitrogens with zero attached hydrogens (tertiary/aromatic N) is 1. The van der Waals surface area contributed by atoms with Crippen LogP contribution in [0, 0.1) is 4.91 Å². The number of hydrogen-bond acceptors (Lipinski definition) is 6. The van der Waals surface area contributed by atoms with Crippen LogP contribution in [0.2, 0.25) is 0 Å². The molecule has 7 nitrogen and oxygen atoms in total. The summed E-state index contributed by atoms with van der Waals surface area (Å²) in [6.45, 7) is 0. The summed E-state index contributed by atoms with van der Waals surface area (Å²) in [6, 6.07) is 20.6. The number of Topliss-reactive ketones (excluding diaryl/α,β-unsaturated/α-hetero) is 2. The van der Waals surface area contributed by atoms with Crippen LogP contribution in [-0.4, -0.2) is 20.0 Å². The van der Waals surface area contributed by atoms with Crippen molar-refractivity contribution < 1.29 is 18.0 Å². The van der Waals surface area contributed by atoms with Crippen LogP contribution >= 0.6 is 0 Å². The van der Waals surface area contributed by atoms with Crippen LogP contribution in [0.25, 0.3) is 0 Å². The third-order valence-corrected chi connectivity index (χ3v) is 6.33. The van der Waals surface area contributed by atoms with Crippen molar-refractivity contribution in [1.29, 1.82) is 0 Å². The lowest BCUT2D eigenvalue weighted by Crippen LogP contribution is -2.34. The molecule has 0 aromatic heterocycles. The largest absolute Gasteiger partial charge is 0.289 e. The molecule has 0 saturated carbocycles. The van der Waals surface area contributed by atoms with E-state index in [4.69, 9.17) is 0 Å². The molecular formula is C23H16N2O5S. The Balaban J connectivity index is 1.86. The van der Waals surface area contributed by atoms with Crippen molar-refractivity contribution in [1.82, 2.24) is 4.72 Å². The number of allylic oxidation sites excluding steroid dienone is 2. The fourth-order valence-corrected chi connectivity index (χ4v) is 4.69. The molecule has 0 bridgehead atoms. The second-order valence-electron chi connectivity index (χ2n) is 6.88. The summed E-state index contributed by atoms with van der Waals surface area (Å²) in [7, 11) is -4.36. The van der Waals surface area contributed by atoms with E-state index in [-0.39, 0.29) is 39.4 Å². The molecule has 0 saturated heterocycles. The number of carbonyl (C=O) groups is 2. The zero-order valence-electron chi connectivity index (χ0n) is 16.1. The highest BCUT2D eigenvalue weighted by Gasteiger charge is 2.35. The van der Waals surface area contributed by atoms with Crippen LogP contribution in [-0.2, 0) is 16.4 Å². The first-order chi connectivity index (χ1) is 14.9. The van der Waals surface area contributed by atoms with Gasteiger partial charge in [0.05, 0.1) is 0 Å². The Labute approximate surface area is 178 Å². The topological polar surface area (TPSA) is 110 Å². The lowest BCUT2D eigenvalue weighted by atomic mass is 9.85. The van der Waals surface area contributed by atoms with Gasteiger partial charge in [0.2, 0.25) is 5.78 Å². The van der Waals surface area contributed by atoms with Crippen LogP contribution in [0.4, 0.5) is 5.69 Å². The summed E-state index contributed by atoms with van der Waals surface area (Å²) in [6.07, 6.45) is 0.0607. The van der Waals surface area contributed by atoms with Gasteiger partial charge in [-0.2, -0.15) is 0 Å². The van der Waals surface area contributed by atoms with Gasteiger partial charge in [-0.05, 0) is 22.9 Å². The fourth-order valence-electron chi connectivity index (χ4n) is 3.45. The first-order valence-corrected chi connectivity index (χ1v) is 10.8. The lowest BCUT2D eigenvalue weighted by Gasteiger charge is -2.22. The van der Waals surface area contributed by atoms with E-state index in [1.165, 1.54) is 36.4 Å². The van der Waals surface area contributed by atoms with Crippen LogP contribution < -0.4 is 4.72 Å². The molecule has 0 unspecified atom stereocenters. The maximum atomic E-state index is 13.2. The van der Waals surface area contributed by atoms with Gasteiger partial charge in [0.1, 0.15) is 16.3 Å². The number of carbonyl (C=O) groups excluding carboxylic acids is 2. The monoisotopic (exact) mass is 432 g/mol. The maximum Gasteiger partial charge on any atom is 0.264 e. The van der Waals surface area contributed by atoms with E-state index in [9.17, 15) is 22.9 Å². The third-order valence-electron chi connectivity index (χ3n) is 4.93. The number of sulfonamides is 1. The molecular weight excluding hydrogens is 416 g/mol. The predicted molar refractivity (Wildman–Crippen MR) is 114 cm³/mol. The van der Waals surface area contributed by atoms with Crippen LogP contribution in [0.1, 0.15) is 26.3 Å². The Kier molecular flexibility index (Phi) is 5.31. The van der Waals surface area contributed by atoms with E-state index in [0.717, 1.165) is 5.56 Å². The van der Waals surface area contributed by atoms with Crippen molar-refractivity contribution in [3.05, 3.63) is 112 Å². The maximum absolute atomic E-state index is 13.2. The van der Waals surface area contributed by atoms with Crippen molar-refractivity contribution in [3.8, 4) is 0 Å². The highest BCUT2D eigenvalue weighted by Crippen LogP contribution is 2.30. The zero-order valence-corrected chi connectivity index (χ0v) is 16.9. The lowest BCUT2D eigenvalue weighted by molar-refractivity contribution is 0.0969. The van der Waals surface area contributed by atoms with Gasteiger partial charge < -0.3 is 0 Å². The normalized spacial score (nSPS) is 13.7. The van der Waals surface area contributed by atoms with E-state index in [1.54, 1.807) is 36.4 Å². The van der Waals surface area contributed by atoms with E-state index in [2.05, 4.69) is 9.90 Å². The Morgan fingerprint density at radius 3 is 2.00 bits per heavy atom. The van der Waals surface area contributed by atoms with Gasteiger partial charge in [-0.15, -0.1) is 4.91 Å². The fraction of sp³-hybridized carbons (Fsp3) is 0.0435. The average molecular weight is 432 g/mol. The molecule has 0 fully saturated rings. The highest BCUT2D eigenvalue weighted by molar-refractivity contribution is 7.89. The van der Waals surface area contributed by atoms with E-state index in [0.29, 0.717) is 0 Å². The molecule has 1 aliphatic carbocycles. The second-order valence-corrected chi connectivity index (χ2v) is 8.54. The van der Waals surface area contributed by atoms with Gasteiger partial charge in [0.15, 0.2) is 5.78 Å². The molecule has 1 N–H and O–H groups in total. The molecule has 31 heavy (non-hydrogen) atoms. The molecule has 0 amide bonds. The molecule has 0 heterocycles. The Hall–Kier alpha value is -3.91. The Bertz CT molecular complexity index is 1350. The average Bonchev–Trinajstić information content (AvgIpc) is 2.80. The SMILES string of the molecule is O=Nc1ccccc1S(=O)(=O)NC1=C(Cc2ccccc2)C(=O)c2ccccc2C1=O. The smallest absolute Gasteiger partial charge is 0.264 e. The highest BCUT2D eigenvalue weighted by atomic mass is 32.2. The number of nitroso groups, excluding NO2 is 1. The minimum Gasteiger partial charge on any atom is -0.289 e. The molecule has 154 valence electrons. The predicted octanol–water partition coefficient (Wildman–Crippen LogP) is 3.94. The minimum absolute atomic E-state index is 0.0371. The van der Waals surface area contributed by atoms with Crippen molar-refractivity contribution in [2.24, 2.45) is 5.18 Å². The van der Waals surface area contributed by atoms with Gasteiger partial charge >= 0.3 is 0 Å². The van der Waals surface area contributed by atoms with Gasteiger partial charge in [0.25, 0.3) is 10.0 Å². The molecule has 3 aromatic carbocycles. The third kappa shape index (κ3) is 3.80. The van der Waals surface area contributed by atoms with E-state index >= 15 is 0 Å². The first-order valence-electron chi connectivity index (χ1n) is 9.33. The molecule has 0 atom stereocenters. The summed E-state index contributed by atoms with van der Waals surface area (Å²) in [4.78, 5) is 37.1. The summed E-state index contributed by atoms with van der Waals surface area (Å²) in [5.74, 6) is -1.04. The second kappa shape index (κ2) is 8.08. The summed E-state index contributed by atoms with van der Waals surface area (Å²) < 4.78 is 28.3. The van der Waals surface area contributed by atoms with Crippen LogP contribution in [0.5, 0.6) is 0 Å². The van der Waals surface area contributed by atoms with Crippen molar-refractivity contribution in [3.63, 3.8) is 0 Å². The van der Waals surface area contributed by atoms with Crippen molar-refractivity contribution >= 4 is 27.3 Å². The zero-order chi connectivity index (χ0) is 22.0. The Morgan fingerprint density at radius 2 is 1.32 bits per heavy atom. The molecule has 0 spiro atoms. The van der Waals surface area contributed by atoms with Gasteiger partial charge in [-0.25, -0.2) is 8.42 Å². The van der Waals surface area contributed by atoms with Gasteiger partial charge in [-0.1, -0.05) is 66.7 Å². The standard InChI is InChI=1S/C23H16N2O5S/c26-22-16-10-4-5-11-17(16)23(27)21(18(22)14-15-8-2-1-3-9-15)25-31(29,30)20-13-7-6-12-19(20)24-28/h1-13,25H,14H2. The molecule has 4 rings (SSSR count). The number of benzene rings is 3. The van der Waals surface area contributed by atoms with Crippen molar-refractivity contribution in [2.45, 2.75) is 11.3 Å². The number of rotatable bonds is 6. The number of ketones is 2. The molecule has 3 aromatic rings. The van der Waals surface area contributed by atoms with E-state index < -0.39 is 21.6 Å². The summed E-state index contributed by atoms with van der Waals surface area (Å²) in [5, 5.41) is 2.75. The van der Waals surface area contributed by atoms with Crippen LogP contribution in [0.3, 0.4) is 0 Å². The number of nitrogens with one attached hydrogen (secondary N) is 1. The van der Waals surface area contributed by atoms with Crippen molar-refractivity contribution in [2.75, 3.05) is 0 Å². The molecule has 0 radical (unpaired) electrons. The molecule has 8 heteroatoms. The van der Waals surface area contributed by atoms with E-state index in [1.807, 2.05) is 6.07 Å². The first kappa shape index (κ1) is 20.4. The molecule has 0 aliphatic heterocycles. The van der Waals surface area contributed by atoms with Gasteiger partial charge in [-0.3, -0.25) is 14.3 Å². The van der Waals surface area contributed by atoms with Crippen LogP contribution in [0.15, 0.2) is 100 Å². The number of hydrogen-bond donors (Lipinski definition) is 1. The number of fused-ring (bicyclic) bond motifs is 1. The minimum atomic E-state index is -4.36. The quantitative estimate of drug-likeness (QED) is 0.593. The summed E-state index contributed by atoms with van der Waals surface area (Å²) >= 11 is 0.